The van der Waals surface area contributed by atoms with Crippen LogP contribution in [0.1, 0.15) is 12.5 Å². The Kier molecular flexibility index (Phi) is 2.00. The minimum absolute atomic E-state index is 0.848. The van der Waals surface area contributed by atoms with Gasteiger partial charge in [-0.2, -0.15) is 0 Å². The van der Waals surface area contributed by atoms with Gasteiger partial charge >= 0.3 is 0 Å². The first kappa shape index (κ1) is 8.57. The van der Waals surface area contributed by atoms with Crippen LogP contribution in [0.2, 0.25) is 0 Å². The zero-order valence-corrected chi connectivity index (χ0v) is 8.47. The summed E-state index contributed by atoms with van der Waals surface area (Å²) >= 11 is 6.18. The SMILES string of the molecule is CC1=C(Cl)c2cccnc2N(C)C1. The van der Waals surface area contributed by atoms with Crippen LogP contribution in [0.4, 0.5) is 5.82 Å². The second-order valence-electron chi connectivity index (χ2n) is 3.32. The summed E-state index contributed by atoms with van der Waals surface area (Å²) in [5.74, 6) is 0.970. The molecule has 1 aromatic rings. The highest BCUT2D eigenvalue weighted by Crippen LogP contribution is 2.34. The van der Waals surface area contributed by atoms with Crippen LogP contribution >= 0.6 is 11.6 Å². The number of fused-ring (bicyclic) bond motifs is 1. The molecular weight excluding hydrogens is 184 g/mol. The smallest absolute Gasteiger partial charge is 0.137 e. The van der Waals surface area contributed by atoms with E-state index in [1.807, 2.05) is 19.2 Å². The Balaban J connectivity index is 2.62. The van der Waals surface area contributed by atoms with E-state index in [2.05, 4.69) is 16.8 Å². The number of hydrogen-bond donors (Lipinski definition) is 0. The summed E-state index contributed by atoms with van der Waals surface area (Å²) in [4.78, 5) is 6.40. The molecule has 1 aromatic heterocycles. The molecule has 0 aromatic carbocycles. The molecule has 2 nitrogen and oxygen atoms in total. The van der Waals surface area contributed by atoms with Gasteiger partial charge in [-0.05, 0) is 24.6 Å². The van der Waals surface area contributed by atoms with E-state index < -0.39 is 0 Å². The minimum atomic E-state index is 0.848. The van der Waals surface area contributed by atoms with Crippen LogP contribution in [0.15, 0.2) is 23.9 Å². The summed E-state index contributed by atoms with van der Waals surface area (Å²) in [7, 11) is 2.03. The maximum Gasteiger partial charge on any atom is 0.137 e. The molecule has 0 unspecified atom stereocenters. The van der Waals surface area contributed by atoms with Crippen molar-refractivity contribution in [2.75, 3.05) is 18.5 Å². The average molecular weight is 195 g/mol. The molecule has 0 radical (unpaired) electrons. The van der Waals surface area contributed by atoms with Gasteiger partial charge in [0.1, 0.15) is 5.82 Å². The lowest BCUT2D eigenvalue weighted by atomic mass is 10.1. The van der Waals surface area contributed by atoms with Crippen LogP contribution in [0, 0.1) is 0 Å². The molecule has 0 atom stereocenters. The summed E-state index contributed by atoms with van der Waals surface area (Å²) in [6.07, 6.45) is 1.79. The molecule has 3 heteroatoms. The Bertz CT molecular complexity index is 371. The Morgan fingerprint density at radius 1 is 1.54 bits per heavy atom. The lowest BCUT2D eigenvalue weighted by Crippen LogP contribution is -2.25. The first-order valence-electron chi connectivity index (χ1n) is 4.22. The molecule has 0 saturated carbocycles. The first-order valence-corrected chi connectivity index (χ1v) is 4.59. The molecule has 0 aliphatic carbocycles. The minimum Gasteiger partial charge on any atom is -0.355 e. The number of hydrogen-bond acceptors (Lipinski definition) is 2. The third-order valence-electron chi connectivity index (χ3n) is 2.23. The Hall–Kier alpha value is -1.02. The molecule has 0 fully saturated rings. The van der Waals surface area contributed by atoms with Gasteiger partial charge in [-0.1, -0.05) is 11.6 Å². The Labute approximate surface area is 82.8 Å². The zero-order chi connectivity index (χ0) is 9.42. The number of likely N-dealkylation sites (N-methyl/N-ethyl adjacent to an activating group) is 1. The van der Waals surface area contributed by atoms with Crippen LogP contribution in [-0.2, 0) is 0 Å². The Morgan fingerprint density at radius 2 is 2.31 bits per heavy atom. The molecule has 2 rings (SSSR count). The fourth-order valence-corrected chi connectivity index (χ4v) is 1.81. The summed E-state index contributed by atoms with van der Waals surface area (Å²) in [5, 5.41) is 0.848. The van der Waals surface area contributed by atoms with E-state index in [1.54, 1.807) is 6.20 Å². The standard InChI is InChI=1S/C10H11ClN2/c1-7-6-13(2)10-8(9(7)11)4-3-5-12-10/h3-5H,6H2,1-2H3. The number of halogens is 1. The van der Waals surface area contributed by atoms with E-state index in [1.165, 1.54) is 5.57 Å². The van der Waals surface area contributed by atoms with Gasteiger partial charge in [0.15, 0.2) is 0 Å². The molecule has 0 bridgehead atoms. The lowest BCUT2D eigenvalue weighted by molar-refractivity contribution is 0.936. The van der Waals surface area contributed by atoms with Crippen molar-refractivity contribution in [3.63, 3.8) is 0 Å². The topological polar surface area (TPSA) is 16.1 Å². The van der Waals surface area contributed by atoms with E-state index in [9.17, 15) is 0 Å². The molecule has 0 saturated heterocycles. The van der Waals surface area contributed by atoms with Crippen molar-refractivity contribution in [3.05, 3.63) is 29.5 Å². The predicted molar refractivity (Wildman–Crippen MR) is 56.0 cm³/mol. The van der Waals surface area contributed by atoms with Crippen molar-refractivity contribution < 1.29 is 0 Å². The highest BCUT2D eigenvalue weighted by Gasteiger charge is 2.18. The summed E-state index contributed by atoms with van der Waals surface area (Å²) in [6.45, 7) is 2.91. The number of pyridine rings is 1. The highest BCUT2D eigenvalue weighted by atomic mass is 35.5. The monoisotopic (exact) mass is 194 g/mol. The largest absolute Gasteiger partial charge is 0.355 e. The van der Waals surface area contributed by atoms with Crippen LogP contribution in [-0.4, -0.2) is 18.6 Å². The van der Waals surface area contributed by atoms with Crippen LogP contribution in [0.25, 0.3) is 5.03 Å². The van der Waals surface area contributed by atoms with Gasteiger partial charge in [0.25, 0.3) is 0 Å². The third kappa shape index (κ3) is 1.31. The Morgan fingerprint density at radius 3 is 3.08 bits per heavy atom. The molecular formula is C10H11ClN2. The van der Waals surface area contributed by atoms with Gasteiger partial charge in [0.05, 0.1) is 5.03 Å². The van der Waals surface area contributed by atoms with Crippen molar-refractivity contribution in [1.29, 1.82) is 0 Å². The van der Waals surface area contributed by atoms with Crippen molar-refractivity contribution in [2.45, 2.75) is 6.92 Å². The second kappa shape index (κ2) is 3.04. The van der Waals surface area contributed by atoms with E-state index >= 15 is 0 Å². The van der Waals surface area contributed by atoms with Crippen molar-refractivity contribution >= 4 is 22.5 Å². The van der Waals surface area contributed by atoms with Gasteiger partial charge in [-0.15, -0.1) is 0 Å². The van der Waals surface area contributed by atoms with E-state index in [-0.39, 0.29) is 0 Å². The van der Waals surface area contributed by atoms with Crippen LogP contribution < -0.4 is 4.90 Å². The quantitative estimate of drug-likeness (QED) is 0.631. The van der Waals surface area contributed by atoms with Crippen molar-refractivity contribution in [3.8, 4) is 0 Å². The van der Waals surface area contributed by atoms with Crippen LogP contribution in [0.5, 0.6) is 0 Å². The second-order valence-corrected chi connectivity index (χ2v) is 3.70. The molecule has 0 amide bonds. The molecule has 13 heavy (non-hydrogen) atoms. The maximum atomic E-state index is 6.18. The van der Waals surface area contributed by atoms with Gasteiger partial charge in [-0.3, -0.25) is 0 Å². The van der Waals surface area contributed by atoms with Crippen LogP contribution in [0.3, 0.4) is 0 Å². The molecule has 1 aliphatic rings. The summed E-state index contributed by atoms with van der Waals surface area (Å²) in [6, 6.07) is 3.91. The van der Waals surface area contributed by atoms with Gasteiger partial charge in [0.2, 0.25) is 0 Å². The molecule has 0 N–H and O–H groups in total. The molecule has 1 aliphatic heterocycles. The maximum absolute atomic E-state index is 6.18. The number of rotatable bonds is 0. The predicted octanol–water partition coefficient (Wildman–Crippen LogP) is 2.50. The number of anilines is 1. The fourth-order valence-electron chi connectivity index (χ4n) is 1.60. The van der Waals surface area contributed by atoms with E-state index in [0.717, 1.165) is 23.0 Å². The van der Waals surface area contributed by atoms with E-state index in [0.29, 0.717) is 0 Å². The van der Waals surface area contributed by atoms with Gasteiger partial charge in [-0.25, -0.2) is 4.98 Å². The lowest BCUT2D eigenvalue weighted by Gasteiger charge is -2.26. The molecule has 2 heterocycles. The average Bonchev–Trinajstić information content (AvgIpc) is 2.15. The number of aromatic nitrogens is 1. The van der Waals surface area contributed by atoms with Crippen molar-refractivity contribution in [1.82, 2.24) is 4.98 Å². The first-order chi connectivity index (χ1) is 6.20. The van der Waals surface area contributed by atoms with Crippen molar-refractivity contribution in [2.24, 2.45) is 0 Å². The highest BCUT2D eigenvalue weighted by molar-refractivity contribution is 6.50. The third-order valence-corrected chi connectivity index (χ3v) is 2.76. The molecule has 0 spiro atoms. The zero-order valence-electron chi connectivity index (χ0n) is 7.71. The van der Waals surface area contributed by atoms with Gasteiger partial charge < -0.3 is 4.90 Å². The van der Waals surface area contributed by atoms with E-state index in [4.69, 9.17) is 11.6 Å². The van der Waals surface area contributed by atoms with Gasteiger partial charge in [0, 0.05) is 25.4 Å². The molecule has 68 valence electrons. The number of nitrogens with zero attached hydrogens (tertiary/aromatic N) is 2. The fraction of sp³-hybridized carbons (Fsp3) is 0.300. The normalized spacial score (nSPS) is 16.1. The summed E-state index contributed by atoms with van der Waals surface area (Å²) < 4.78 is 0. The summed E-state index contributed by atoms with van der Waals surface area (Å²) in [5.41, 5.74) is 2.24.